The molecule has 10 heavy (non-hydrogen) atoms. The summed E-state index contributed by atoms with van der Waals surface area (Å²) in [5, 5.41) is 8.63. The molecule has 0 saturated carbocycles. The van der Waals surface area contributed by atoms with E-state index >= 15 is 0 Å². The molecule has 0 unspecified atom stereocenters. The van der Waals surface area contributed by atoms with Gasteiger partial charge in [-0.3, -0.25) is 0 Å². The molecule has 0 amide bonds. The second kappa shape index (κ2) is 6.66. The van der Waals surface area contributed by atoms with Gasteiger partial charge in [0.25, 0.3) is 0 Å². The van der Waals surface area contributed by atoms with E-state index < -0.39 is 0 Å². The summed E-state index contributed by atoms with van der Waals surface area (Å²) < 4.78 is 0.976. The number of nitrogens with zero attached hydrogens (tertiary/aromatic N) is 2. The van der Waals surface area contributed by atoms with Gasteiger partial charge >= 0.3 is 0 Å². The number of hydrogen-bond donors (Lipinski definition) is 1. The summed E-state index contributed by atoms with van der Waals surface area (Å²) in [5.74, 6) is 0. The van der Waals surface area contributed by atoms with Gasteiger partial charge < -0.3 is 4.48 Å². The molecule has 0 bridgehead atoms. The number of likely N-dealkylation sites (N-methyl/N-ethyl adjacent to an activating group) is 1. The van der Waals surface area contributed by atoms with Crippen LogP contribution in [0.25, 0.3) is 0 Å². The topological polar surface area (TPSA) is 23.8 Å². The lowest BCUT2D eigenvalue weighted by molar-refractivity contribution is -0.864. The lowest BCUT2D eigenvalue weighted by atomic mass is 10.5. The lowest BCUT2D eigenvalue weighted by Crippen LogP contribution is -2.33. The van der Waals surface area contributed by atoms with Crippen LogP contribution in [-0.4, -0.2) is 32.2 Å². The normalized spacial score (nSPS) is 8.70. The van der Waals surface area contributed by atoms with Gasteiger partial charge in [-0.05, 0) is 6.08 Å². The van der Waals surface area contributed by atoms with Gasteiger partial charge in [0.1, 0.15) is 5.40 Å². The first-order valence-electron chi connectivity index (χ1n) is 2.92. The highest BCUT2D eigenvalue weighted by molar-refractivity contribution is 7.85. The van der Waals surface area contributed by atoms with Crippen LogP contribution in [-0.2, 0) is 0 Å². The molecule has 0 spiro atoms. The molecule has 0 radical (unpaired) electrons. The Morgan fingerprint density at radius 3 is 1.90 bits per heavy atom. The van der Waals surface area contributed by atoms with Crippen LogP contribution in [0.2, 0.25) is 0 Å². The molecule has 0 rings (SSSR count). The Morgan fingerprint density at radius 2 is 1.90 bits per heavy atom. The van der Waals surface area contributed by atoms with E-state index in [2.05, 4.69) is 40.4 Å². The van der Waals surface area contributed by atoms with Crippen molar-refractivity contribution in [1.82, 2.24) is 0 Å². The molecule has 0 aliphatic rings. The minimum Gasteiger partial charge on any atom is -0.328 e. The highest BCUT2D eigenvalue weighted by Crippen LogP contribution is 1.86. The monoisotopic (exact) mass is 159 g/mol. The number of thiol groups is 1. The third kappa shape index (κ3) is 25.7. The standard InChI is InChI=1S/C6H14N.CHNS/c1-5-6-7(2,3)4;2-1-3/h5H,1,6H2,2-4H3;3H/q+1;. The first-order chi connectivity index (χ1) is 4.47. The number of hydrogen-bond acceptors (Lipinski definition) is 2. The van der Waals surface area contributed by atoms with Crippen molar-refractivity contribution in [2.24, 2.45) is 0 Å². The minimum atomic E-state index is 0.976. The predicted molar refractivity (Wildman–Crippen MR) is 47.7 cm³/mol. The van der Waals surface area contributed by atoms with Crippen LogP contribution < -0.4 is 0 Å². The van der Waals surface area contributed by atoms with Crippen molar-refractivity contribution < 1.29 is 4.48 Å². The van der Waals surface area contributed by atoms with Gasteiger partial charge in [-0.15, -0.1) is 0 Å². The van der Waals surface area contributed by atoms with Crippen LogP contribution in [0.1, 0.15) is 0 Å². The molecule has 2 nitrogen and oxygen atoms in total. The van der Waals surface area contributed by atoms with E-state index in [-0.39, 0.29) is 0 Å². The smallest absolute Gasteiger partial charge is 0.130 e. The summed E-state index contributed by atoms with van der Waals surface area (Å²) in [4.78, 5) is 0. The average molecular weight is 159 g/mol. The number of nitriles is 1. The summed E-state index contributed by atoms with van der Waals surface area (Å²) in [5.41, 5.74) is 0. The number of rotatable bonds is 2. The van der Waals surface area contributed by atoms with E-state index in [1.807, 2.05) is 6.08 Å². The van der Waals surface area contributed by atoms with Crippen molar-refractivity contribution in [2.45, 2.75) is 0 Å². The number of quaternary nitrogens is 1. The molecule has 0 N–H and O–H groups in total. The largest absolute Gasteiger partial charge is 0.328 e. The zero-order valence-corrected chi connectivity index (χ0v) is 7.73. The fraction of sp³-hybridized carbons (Fsp3) is 0.571. The fourth-order valence-corrected chi connectivity index (χ4v) is 0.387. The average Bonchev–Trinajstić information content (AvgIpc) is 1.63. The van der Waals surface area contributed by atoms with Crippen molar-refractivity contribution >= 4 is 12.6 Å². The Labute approximate surface area is 68.8 Å². The Morgan fingerprint density at radius 1 is 1.60 bits per heavy atom. The molecule has 0 heterocycles. The molecule has 58 valence electrons. The molecule has 0 fully saturated rings. The summed E-state index contributed by atoms with van der Waals surface area (Å²) >= 11 is 3.09. The van der Waals surface area contributed by atoms with E-state index in [4.69, 9.17) is 5.26 Å². The predicted octanol–water partition coefficient (Wildman–Crippen LogP) is 1.28. The molecule has 0 aromatic carbocycles. The van der Waals surface area contributed by atoms with E-state index in [1.165, 1.54) is 5.40 Å². The molecule has 0 atom stereocenters. The summed E-state index contributed by atoms with van der Waals surface area (Å²) in [7, 11) is 6.42. The Bertz CT molecular complexity index is 119. The first kappa shape index (κ1) is 12.2. The third-order valence-electron chi connectivity index (χ3n) is 0.677. The Kier molecular flexibility index (Phi) is 8.15. The van der Waals surface area contributed by atoms with Crippen molar-refractivity contribution in [3.8, 4) is 5.40 Å². The molecule has 0 aliphatic carbocycles. The zero-order chi connectivity index (χ0) is 8.62. The second-order valence-corrected chi connectivity index (χ2v) is 3.06. The van der Waals surface area contributed by atoms with Crippen LogP contribution in [0.15, 0.2) is 12.7 Å². The SMILES string of the molecule is C=CC[N+](C)(C)C.N#CS. The van der Waals surface area contributed by atoms with Crippen molar-refractivity contribution in [3.63, 3.8) is 0 Å². The van der Waals surface area contributed by atoms with E-state index in [1.54, 1.807) is 0 Å². The van der Waals surface area contributed by atoms with Gasteiger partial charge in [0.05, 0.1) is 27.7 Å². The molecular formula is C7H15N2S+. The van der Waals surface area contributed by atoms with Crippen molar-refractivity contribution in [1.29, 1.82) is 5.26 Å². The van der Waals surface area contributed by atoms with Crippen LogP contribution in [0.5, 0.6) is 0 Å². The van der Waals surface area contributed by atoms with Gasteiger partial charge in [-0.25, -0.2) is 0 Å². The molecule has 0 aromatic rings. The van der Waals surface area contributed by atoms with Gasteiger partial charge in [-0.1, -0.05) is 19.2 Å². The molecular weight excluding hydrogens is 144 g/mol. The highest BCUT2D eigenvalue weighted by Gasteiger charge is 1.99. The van der Waals surface area contributed by atoms with Gasteiger partial charge in [0, 0.05) is 0 Å². The maximum absolute atomic E-state index is 7.18. The summed E-state index contributed by atoms with van der Waals surface area (Å²) in [6, 6.07) is 0. The highest BCUT2D eigenvalue weighted by atomic mass is 32.1. The molecule has 0 saturated heterocycles. The fourth-order valence-electron chi connectivity index (χ4n) is 0.387. The van der Waals surface area contributed by atoms with Crippen LogP contribution in [0, 0.1) is 10.7 Å². The Balaban J connectivity index is 0. The summed E-state index contributed by atoms with van der Waals surface area (Å²) in [6.07, 6.45) is 1.93. The zero-order valence-electron chi connectivity index (χ0n) is 6.83. The van der Waals surface area contributed by atoms with Gasteiger partial charge in [-0.2, -0.15) is 5.26 Å². The minimum absolute atomic E-state index is 0.976. The van der Waals surface area contributed by atoms with E-state index in [0.717, 1.165) is 11.0 Å². The molecule has 0 aromatic heterocycles. The molecule has 0 aliphatic heterocycles. The third-order valence-corrected chi connectivity index (χ3v) is 0.677. The van der Waals surface area contributed by atoms with Crippen LogP contribution in [0.3, 0.4) is 0 Å². The van der Waals surface area contributed by atoms with Crippen LogP contribution >= 0.6 is 12.6 Å². The van der Waals surface area contributed by atoms with Crippen molar-refractivity contribution in [3.05, 3.63) is 12.7 Å². The van der Waals surface area contributed by atoms with Crippen LogP contribution in [0.4, 0.5) is 0 Å². The maximum atomic E-state index is 7.18. The molecule has 3 heteroatoms. The van der Waals surface area contributed by atoms with E-state index in [0.29, 0.717) is 0 Å². The quantitative estimate of drug-likeness (QED) is 0.279. The summed E-state index contributed by atoms with van der Waals surface area (Å²) in [6.45, 7) is 4.67. The maximum Gasteiger partial charge on any atom is 0.130 e. The van der Waals surface area contributed by atoms with E-state index in [9.17, 15) is 0 Å². The lowest BCUT2D eigenvalue weighted by Gasteiger charge is -2.21. The number of thiocyanates is 1. The first-order valence-corrected chi connectivity index (χ1v) is 3.37. The second-order valence-electron chi connectivity index (χ2n) is 2.86. The van der Waals surface area contributed by atoms with Crippen molar-refractivity contribution in [2.75, 3.05) is 27.7 Å². The van der Waals surface area contributed by atoms with Gasteiger partial charge in [0.15, 0.2) is 0 Å². The Hall–Kier alpha value is -0.460. The van der Waals surface area contributed by atoms with Gasteiger partial charge in [0.2, 0.25) is 0 Å².